The summed E-state index contributed by atoms with van der Waals surface area (Å²) < 4.78 is 53.4. The standard InChI is InChI=1S/C20H20F3NO5/c1-3-27-16-6-4-5-7-17(16)28-12-18(25)29-13(2)19(26)24-15-10-8-14(9-11-15)20(21,22)23/h4-11,13H,3,12H2,1-2H3,(H,24,26)/t13-/m1/s1. The van der Waals surface area contributed by atoms with Gasteiger partial charge in [0.1, 0.15) is 0 Å². The lowest BCUT2D eigenvalue weighted by molar-refractivity contribution is -0.155. The zero-order valence-corrected chi connectivity index (χ0v) is 15.8. The summed E-state index contributed by atoms with van der Waals surface area (Å²) in [6.45, 7) is 3.13. The second kappa shape index (κ2) is 9.81. The molecule has 6 nitrogen and oxygen atoms in total. The molecule has 9 heteroatoms. The van der Waals surface area contributed by atoms with E-state index in [1.54, 1.807) is 24.3 Å². The molecule has 1 atom stereocenters. The van der Waals surface area contributed by atoms with Crippen LogP contribution in [0.1, 0.15) is 19.4 Å². The van der Waals surface area contributed by atoms with Gasteiger partial charge in [-0.3, -0.25) is 4.79 Å². The Bertz CT molecular complexity index is 837. The average molecular weight is 411 g/mol. The van der Waals surface area contributed by atoms with Crippen LogP contribution in [0.15, 0.2) is 48.5 Å². The van der Waals surface area contributed by atoms with Crippen molar-refractivity contribution in [2.24, 2.45) is 0 Å². The van der Waals surface area contributed by atoms with E-state index in [1.807, 2.05) is 6.92 Å². The molecule has 1 N–H and O–H groups in total. The molecular formula is C20H20F3NO5. The molecule has 0 spiro atoms. The fourth-order valence-corrected chi connectivity index (χ4v) is 2.25. The van der Waals surface area contributed by atoms with E-state index in [0.29, 0.717) is 18.1 Å². The lowest BCUT2D eigenvalue weighted by Crippen LogP contribution is -2.31. The minimum Gasteiger partial charge on any atom is -0.490 e. The van der Waals surface area contributed by atoms with E-state index >= 15 is 0 Å². The number of hydrogen-bond acceptors (Lipinski definition) is 5. The molecule has 2 aromatic rings. The molecule has 0 aliphatic carbocycles. The summed E-state index contributed by atoms with van der Waals surface area (Å²) in [5, 5.41) is 2.38. The van der Waals surface area contributed by atoms with Crippen LogP contribution >= 0.6 is 0 Å². The molecule has 0 saturated heterocycles. The number of para-hydroxylation sites is 2. The molecule has 29 heavy (non-hydrogen) atoms. The molecule has 0 aliphatic rings. The summed E-state index contributed by atoms with van der Waals surface area (Å²) in [6, 6.07) is 10.7. The monoisotopic (exact) mass is 411 g/mol. The van der Waals surface area contributed by atoms with E-state index < -0.39 is 36.3 Å². The highest BCUT2D eigenvalue weighted by Crippen LogP contribution is 2.30. The van der Waals surface area contributed by atoms with Gasteiger partial charge in [0, 0.05) is 5.69 Å². The maximum Gasteiger partial charge on any atom is 0.416 e. The molecule has 0 saturated carbocycles. The van der Waals surface area contributed by atoms with Crippen molar-refractivity contribution in [2.75, 3.05) is 18.5 Å². The quantitative estimate of drug-likeness (QED) is 0.664. The highest BCUT2D eigenvalue weighted by Gasteiger charge is 2.30. The van der Waals surface area contributed by atoms with Crippen molar-refractivity contribution in [3.05, 3.63) is 54.1 Å². The molecule has 156 valence electrons. The van der Waals surface area contributed by atoms with Gasteiger partial charge in [0.25, 0.3) is 5.91 Å². The molecule has 1 amide bonds. The second-order valence-corrected chi connectivity index (χ2v) is 5.86. The average Bonchev–Trinajstić information content (AvgIpc) is 2.67. The molecule has 0 fully saturated rings. The minimum atomic E-state index is -4.47. The van der Waals surface area contributed by atoms with Gasteiger partial charge in [-0.25, -0.2) is 4.79 Å². The van der Waals surface area contributed by atoms with Gasteiger partial charge in [0.2, 0.25) is 0 Å². The van der Waals surface area contributed by atoms with Crippen molar-refractivity contribution in [3.63, 3.8) is 0 Å². The third-order valence-electron chi connectivity index (χ3n) is 3.65. The number of carbonyl (C=O) groups excluding carboxylic acids is 2. The van der Waals surface area contributed by atoms with Crippen LogP contribution in [-0.2, 0) is 20.5 Å². The van der Waals surface area contributed by atoms with E-state index in [9.17, 15) is 22.8 Å². The predicted octanol–water partition coefficient (Wildman–Crippen LogP) is 4.05. The first-order chi connectivity index (χ1) is 13.7. The van der Waals surface area contributed by atoms with Crippen LogP contribution in [0.2, 0.25) is 0 Å². The van der Waals surface area contributed by atoms with Crippen LogP contribution in [0, 0.1) is 0 Å². The van der Waals surface area contributed by atoms with Gasteiger partial charge in [-0.05, 0) is 50.2 Å². The first-order valence-electron chi connectivity index (χ1n) is 8.73. The van der Waals surface area contributed by atoms with Crippen LogP contribution in [0.3, 0.4) is 0 Å². The molecule has 0 radical (unpaired) electrons. The van der Waals surface area contributed by atoms with Crippen molar-refractivity contribution in [1.29, 1.82) is 0 Å². The van der Waals surface area contributed by atoms with Gasteiger partial charge >= 0.3 is 12.1 Å². The highest BCUT2D eigenvalue weighted by atomic mass is 19.4. The largest absolute Gasteiger partial charge is 0.490 e. The number of benzene rings is 2. The summed E-state index contributed by atoms with van der Waals surface area (Å²) in [4.78, 5) is 24.0. The number of hydrogen-bond donors (Lipinski definition) is 1. The van der Waals surface area contributed by atoms with E-state index in [4.69, 9.17) is 14.2 Å². The van der Waals surface area contributed by atoms with Crippen LogP contribution in [-0.4, -0.2) is 31.2 Å². The Hall–Kier alpha value is -3.23. The van der Waals surface area contributed by atoms with Gasteiger partial charge in [0.15, 0.2) is 24.2 Å². The highest BCUT2D eigenvalue weighted by molar-refractivity contribution is 5.95. The Morgan fingerprint density at radius 1 is 1.00 bits per heavy atom. The molecule has 0 aliphatic heterocycles. The summed E-state index contributed by atoms with van der Waals surface area (Å²) in [7, 11) is 0. The normalized spacial score (nSPS) is 12.0. The molecule has 2 rings (SSSR count). The summed E-state index contributed by atoms with van der Waals surface area (Å²) in [6.07, 6.45) is -5.64. The van der Waals surface area contributed by atoms with Gasteiger partial charge in [-0.15, -0.1) is 0 Å². The molecule has 0 unspecified atom stereocenters. The Balaban J connectivity index is 1.85. The van der Waals surface area contributed by atoms with Crippen LogP contribution < -0.4 is 14.8 Å². The number of anilines is 1. The smallest absolute Gasteiger partial charge is 0.416 e. The van der Waals surface area contributed by atoms with Gasteiger partial charge in [-0.2, -0.15) is 13.2 Å². The Morgan fingerprint density at radius 3 is 2.14 bits per heavy atom. The number of alkyl halides is 3. The number of esters is 1. The maximum atomic E-state index is 12.6. The number of rotatable bonds is 8. The minimum absolute atomic E-state index is 0.146. The number of halogens is 3. The third kappa shape index (κ3) is 6.70. The summed E-state index contributed by atoms with van der Waals surface area (Å²) in [5.41, 5.74) is -0.688. The van der Waals surface area contributed by atoms with Crippen molar-refractivity contribution in [3.8, 4) is 11.5 Å². The lowest BCUT2D eigenvalue weighted by atomic mass is 10.2. The van der Waals surface area contributed by atoms with Crippen LogP contribution in [0.25, 0.3) is 0 Å². The molecule has 2 aromatic carbocycles. The van der Waals surface area contributed by atoms with Crippen LogP contribution in [0.5, 0.6) is 11.5 Å². The zero-order chi connectivity index (χ0) is 21.4. The second-order valence-electron chi connectivity index (χ2n) is 5.86. The van der Waals surface area contributed by atoms with E-state index in [-0.39, 0.29) is 5.69 Å². The first kappa shape index (κ1) is 22.1. The fourth-order valence-electron chi connectivity index (χ4n) is 2.25. The number of amides is 1. The number of nitrogens with one attached hydrogen (secondary N) is 1. The maximum absolute atomic E-state index is 12.6. The van der Waals surface area contributed by atoms with Crippen molar-refractivity contribution in [2.45, 2.75) is 26.1 Å². The summed E-state index contributed by atoms with van der Waals surface area (Å²) >= 11 is 0. The number of ether oxygens (including phenoxy) is 3. The van der Waals surface area contributed by atoms with E-state index in [0.717, 1.165) is 24.3 Å². The topological polar surface area (TPSA) is 73.9 Å². The Kier molecular flexibility index (Phi) is 7.46. The summed E-state index contributed by atoms with van der Waals surface area (Å²) in [5.74, 6) is -0.650. The Morgan fingerprint density at radius 2 is 1.59 bits per heavy atom. The van der Waals surface area contributed by atoms with Gasteiger partial charge in [0.05, 0.1) is 12.2 Å². The fraction of sp³-hybridized carbons (Fsp3) is 0.300. The molecule has 0 heterocycles. The molecule has 0 bridgehead atoms. The predicted molar refractivity (Wildman–Crippen MR) is 98.7 cm³/mol. The molecular weight excluding hydrogens is 391 g/mol. The lowest BCUT2D eigenvalue weighted by Gasteiger charge is -2.15. The van der Waals surface area contributed by atoms with Crippen molar-refractivity contribution >= 4 is 17.6 Å². The van der Waals surface area contributed by atoms with Crippen molar-refractivity contribution in [1.82, 2.24) is 0 Å². The van der Waals surface area contributed by atoms with E-state index in [2.05, 4.69) is 5.32 Å². The molecule has 0 aromatic heterocycles. The van der Waals surface area contributed by atoms with Crippen LogP contribution in [0.4, 0.5) is 18.9 Å². The SMILES string of the molecule is CCOc1ccccc1OCC(=O)O[C@H](C)C(=O)Nc1ccc(C(F)(F)F)cc1. The Labute approximate surface area is 165 Å². The van der Waals surface area contributed by atoms with E-state index in [1.165, 1.54) is 6.92 Å². The van der Waals surface area contributed by atoms with Gasteiger partial charge < -0.3 is 19.5 Å². The third-order valence-corrected chi connectivity index (χ3v) is 3.65. The first-order valence-corrected chi connectivity index (χ1v) is 8.73. The van der Waals surface area contributed by atoms with Crippen molar-refractivity contribution < 1.29 is 37.0 Å². The number of carbonyl (C=O) groups is 2. The van der Waals surface area contributed by atoms with Gasteiger partial charge in [-0.1, -0.05) is 12.1 Å². The zero-order valence-electron chi connectivity index (χ0n) is 15.8.